The van der Waals surface area contributed by atoms with Crippen molar-refractivity contribution in [2.75, 3.05) is 5.75 Å². The highest BCUT2D eigenvalue weighted by atomic mass is 79.9. The molecule has 4 nitrogen and oxygen atoms in total. The first kappa shape index (κ1) is 13.3. The lowest BCUT2D eigenvalue weighted by molar-refractivity contribution is 0.734. The third-order valence-corrected chi connectivity index (χ3v) is 3.64. The number of benzene rings is 1. The summed E-state index contributed by atoms with van der Waals surface area (Å²) in [4.78, 5) is 0. The minimum absolute atomic E-state index is 0. The maximum absolute atomic E-state index is 4.59. The number of aromatic nitrogens is 3. The van der Waals surface area contributed by atoms with Crippen molar-refractivity contribution >= 4 is 34.5 Å². The summed E-state index contributed by atoms with van der Waals surface area (Å²) in [7, 11) is 0. The van der Waals surface area contributed by atoms with E-state index < -0.39 is 0 Å². The molecular weight excluding hydrogens is 312 g/mol. The summed E-state index contributed by atoms with van der Waals surface area (Å²) >= 11 is 1.68. The molecule has 0 radical (unpaired) electrons. The number of fused-ring (bicyclic) bond motifs is 1. The molecule has 1 aliphatic heterocycles. The third kappa shape index (κ3) is 2.35. The number of halogens is 1. The van der Waals surface area contributed by atoms with Gasteiger partial charge in [0.1, 0.15) is 0 Å². The van der Waals surface area contributed by atoms with Gasteiger partial charge in [-0.1, -0.05) is 41.6 Å². The fourth-order valence-electron chi connectivity index (χ4n) is 1.71. The molecular formula is C12H13BrN4S. The Morgan fingerprint density at radius 3 is 2.56 bits per heavy atom. The second kappa shape index (κ2) is 5.24. The molecule has 0 spiro atoms. The Kier molecular flexibility index (Phi) is 3.87. The van der Waals surface area contributed by atoms with Crippen molar-refractivity contribution < 1.29 is 0 Å². The van der Waals surface area contributed by atoms with Gasteiger partial charge in [0, 0.05) is 5.75 Å². The Labute approximate surface area is 120 Å². The van der Waals surface area contributed by atoms with Gasteiger partial charge in [0.25, 0.3) is 0 Å². The first-order chi connectivity index (χ1) is 8.24. The van der Waals surface area contributed by atoms with E-state index in [0.29, 0.717) is 0 Å². The van der Waals surface area contributed by atoms with Crippen molar-refractivity contribution in [2.45, 2.75) is 19.0 Å². The van der Waals surface area contributed by atoms with E-state index in [1.54, 1.807) is 11.8 Å². The number of nitrogens with zero attached hydrogens (tertiary/aromatic N) is 4. The zero-order valence-electron chi connectivity index (χ0n) is 10.1. The van der Waals surface area contributed by atoms with E-state index in [9.17, 15) is 0 Å². The first-order valence-electron chi connectivity index (χ1n) is 5.44. The highest BCUT2D eigenvalue weighted by molar-refractivity contribution is 8.93. The summed E-state index contributed by atoms with van der Waals surface area (Å²) in [6.45, 7) is 4.00. The second-order valence-electron chi connectivity index (χ2n) is 4.04. The lowest BCUT2D eigenvalue weighted by atomic mass is 10.1. The smallest absolute Gasteiger partial charge is 0.191 e. The van der Waals surface area contributed by atoms with E-state index in [0.717, 1.165) is 22.4 Å². The van der Waals surface area contributed by atoms with Gasteiger partial charge in [0.05, 0.1) is 5.71 Å². The van der Waals surface area contributed by atoms with Crippen LogP contribution in [0.1, 0.15) is 17.0 Å². The molecule has 0 bridgehead atoms. The third-order valence-electron chi connectivity index (χ3n) is 2.71. The zero-order valence-corrected chi connectivity index (χ0v) is 12.7. The molecule has 0 amide bonds. The van der Waals surface area contributed by atoms with Crippen molar-refractivity contribution in [1.82, 2.24) is 14.9 Å². The summed E-state index contributed by atoms with van der Waals surface area (Å²) < 4.78 is 1.81. The standard InChI is InChI=1S/C12H12N4S.BrH/c1-8-3-5-10(6-4-8)11-7-17-12-14-13-9(2)16(12)15-11;/h3-6H,7H2,1-2H3;1H. The van der Waals surface area contributed by atoms with Gasteiger partial charge in [0.15, 0.2) is 5.82 Å². The average Bonchev–Trinajstić information content (AvgIpc) is 2.72. The summed E-state index contributed by atoms with van der Waals surface area (Å²) in [5.41, 5.74) is 3.51. The normalized spacial score (nSPS) is 13.6. The Morgan fingerprint density at radius 1 is 1.11 bits per heavy atom. The second-order valence-corrected chi connectivity index (χ2v) is 4.99. The number of rotatable bonds is 1. The van der Waals surface area contributed by atoms with Crippen LogP contribution in [0.4, 0.5) is 0 Å². The Balaban J connectivity index is 0.00000120. The zero-order chi connectivity index (χ0) is 11.8. The molecule has 0 saturated heterocycles. The monoisotopic (exact) mass is 324 g/mol. The number of aryl methyl sites for hydroxylation is 2. The van der Waals surface area contributed by atoms with Gasteiger partial charge in [-0.15, -0.1) is 27.2 Å². The SMILES string of the molecule is Br.Cc1ccc(C2=Nn3c(C)nnc3SC2)cc1. The van der Waals surface area contributed by atoms with E-state index in [2.05, 4.69) is 46.5 Å². The van der Waals surface area contributed by atoms with Crippen molar-refractivity contribution in [3.05, 3.63) is 41.2 Å². The molecule has 18 heavy (non-hydrogen) atoms. The summed E-state index contributed by atoms with van der Waals surface area (Å²) in [6.07, 6.45) is 0. The van der Waals surface area contributed by atoms with Crippen LogP contribution in [0.2, 0.25) is 0 Å². The molecule has 0 N–H and O–H groups in total. The molecule has 1 aliphatic rings. The van der Waals surface area contributed by atoms with Gasteiger partial charge < -0.3 is 0 Å². The van der Waals surface area contributed by atoms with E-state index in [1.165, 1.54) is 11.1 Å². The predicted octanol–water partition coefficient (Wildman–Crippen LogP) is 2.83. The van der Waals surface area contributed by atoms with Crippen molar-refractivity contribution in [3.63, 3.8) is 0 Å². The molecule has 0 atom stereocenters. The summed E-state index contributed by atoms with van der Waals surface area (Å²) in [5.74, 6) is 1.68. The molecule has 2 heterocycles. The maximum atomic E-state index is 4.59. The maximum Gasteiger partial charge on any atom is 0.212 e. The number of thioether (sulfide) groups is 1. The van der Waals surface area contributed by atoms with Crippen LogP contribution in [-0.4, -0.2) is 26.3 Å². The molecule has 3 rings (SSSR count). The molecule has 1 aromatic heterocycles. The van der Waals surface area contributed by atoms with Crippen LogP contribution in [0.5, 0.6) is 0 Å². The van der Waals surface area contributed by atoms with Gasteiger partial charge >= 0.3 is 0 Å². The van der Waals surface area contributed by atoms with Gasteiger partial charge in [-0.3, -0.25) is 0 Å². The molecule has 0 saturated carbocycles. The molecule has 1 aromatic carbocycles. The highest BCUT2D eigenvalue weighted by Crippen LogP contribution is 2.23. The van der Waals surface area contributed by atoms with Gasteiger partial charge in [-0.2, -0.15) is 9.78 Å². The van der Waals surface area contributed by atoms with Crippen LogP contribution in [0.25, 0.3) is 0 Å². The Bertz CT molecular complexity index is 589. The van der Waals surface area contributed by atoms with Crippen LogP contribution in [-0.2, 0) is 0 Å². The number of hydrogen-bond acceptors (Lipinski definition) is 4. The van der Waals surface area contributed by atoms with Crippen molar-refractivity contribution in [3.8, 4) is 0 Å². The quantitative estimate of drug-likeness (QED) is 0.810. The fourth-order valence-corrected chi connectivity index (χ4v) is 2.60. The molecule has 0 unspecified atom stereocenters. The van der Waals surface area contributed by atoms with Crippen LogP contribution in [0.15, 0.2) is 34.5 Å². The minimum Gasteiger partial charge on any atom is -0.191 e. The Hall–Kier alpha value is -1.14. The average molecular weight is 325 g/mol. The Morgan fingerprint density at radius 2 is 1.83 bits per heavy atom. The molecule has 94 valence electrons. The topological polar surface area (TPSA) is 43.1 Å². The van der Waals surface area contributed by atoms with Crippen LogP contribution in [0, 0.1) is 13.8 Å². The predicted molar refractivity (Wildman–Crippen MR) is 78.9 cm³/mol. The largest absolute Gasteiger partial charge is 0.212 e. The van der Waals surface area contributed by atoms with Crippen LogP contribution >= 0.6 is 28.7 Å². The summed E-state index contributed by atoms with van der Waals surface area (Å²) in [6, 6.07) is 8.44. The van der Waals surface area contributed by atoms with Gasteiger partial charge in [-0.05, 0) is 19.4 Å². The van der Waals surface area contributed by atoms with Crippen LogP contribution < -0.4 is 0 Å². The lowest BCUT2D eigenvalue weighted by Crippen LogP contribution is -2.13. The first-order valence-corrected chi connectivity index (χ1v) is 6.42. The molecule has 0 aliphatic carbocycles. The highest BCUT2D eigenvalue weighted by Gasteiger charge is 2.17. The number of hydrogen-bond donors (Lipinski definition) is 0. The summed E-state index contributed by atoms with van der Waals surface area (Å²) in [5, 5.41) is 13.6. The van der Waals surface area contributed by atoms with Crippen molar-refractivity contribution in [1.29, 1.82) is 0 Å². The van der Waals surface area contributed by atoms with Crippen molar-refractivity contribution in [2.24, 2.45) is 5.10 Å². The molecule has 0 fully saturated rings. The van der Waals surface area contributed by atoms with Crippen LogP contribution in [0.3, 0.4) is 0 Å². The van der Waals surface area contributed by atoms with E-state index in [4.69, 9.17) is 0 Å². The van der Waals surface area contributed by atoms with E-state index in [-0.39, 0.29) is 17.0 Å². The van der Waals surface area contributed by atoms with Gasteiger partial charge in [-0.25, -0.2) is 0 Å². The molecule has 6 heteroatoms. The lowest BCUT2D eigenvalue weighted by Gasteiger charge is -2.13. The van der Waals surface area contributed by atoms with Gasteiger partial charge in [0.2, 0.25) is 5.16 Å². The van der Waals surface area contributed by atoms with E-state index in [1.807, 2.05) is 11.6 Å². The molecule has 2 aromatic rings. The van der Waals surface area contributed by atoms with E-state index >= 15 is 0 Å². The fraction of sp³-hybridized carbons (Fsp3) is 0.250. The minimum atomic E-state index is 0.